The number of rotatable bonds is 4. The molecule has 0 saturated carbocycles. The third-order valence-corrected chi connectivity index (χ3v) is 3.59. The smallest absolute Gasteiger partial charge is 0.282 e. The number of amides is 1. The molecule has 1 aromatic rings. The first-order valence-corrected chi connectivity index (χ1v) is 6.21. The third-order valence-electron chi connectivity index (χ3n) is 2.19. The first kappa shape index (κ1) is 14.6. The van der Waals surface area contributed by atoms with Gasteiger partial charge in [0.1, 0.15) is 11.4 Å². The van der Waals surface area contributed by atoms with Crippen molar-refractivity contribution < 1.29 is 14.1 Å². The molecule has 98 valence electrons. The van der Waals surface area contributed by atoms with Crippen molar-refractivity contribution in [2.75, 3.05) is 5.33 Å². The molecule has 0 spiro atoms. The van der Waals surface area contributed by atoms with Crippen LogP contribution in [-0.4, -0.2) is 21.7 Å². The largest absolute Gasteiger partial charge is 0.346 e. The maximum atomic E-state index is 13.1. The summed E-state index contributed by atoms with van der Waals surface area (Å²) in [6.45, 7) is 3.48. The van der Waals surface area contributed by atoms with Crippen molar-refractivity contribution in [3.05, 3.63) is 39.7 Å². The van der Waals surface area contributed by atoms with E-state index in [2.05, 4.69) is 21.2 Å². The normalized spacial score (nSPS) is 11.1. The van der Waals surface area contributed by atoms with Gasteiger partial charge >= 0.3 is 0 Å². The highest BCUT2D eigenvalue weighted by atomic mass is 79.9. The first-order chi connectivity index (χ1) is 8.26. The van der Waals surface area contributed by atoms with Crippen molar-refractivity contribution in [1.82, 2.24) is 5.32 Å². The summed E-state index contributed by atoms with van der Waals surface area (Å²) >= 11 is 3.21. The number of nitro benzene ring substituents is 1. The van der Waals surface area contributed by atoms with Crippen LogP contribution in [0, 0.1) is 15.9 Å². The van der Waals surface area contributed by atoms with Gasteiger partial charge in [0.05, 0.1) is 4.92 Å². The molecule has 0 radical (unpaired) electrons. The Bertz CT molecular complexity index is 491. The summed E-state index contributed by atoms with van der Waals surface area (Å²) in [6, 6.07) is 2.79. The second-order valence-corrected chi connectivity index (χ2v) is 4.95. The van der Waals surface area contributed by atoms with Crippen LogP contribution in [0.15, 0.2) is 18.2 Å². The van der Waals surface area contributed by atoms with Gasteiger partial charge in [0.15, 0.2) is 0 Å². The van der Waals surface area contributed by atoms with Crippen molar-refractivity contribution >= 4 is 27.5 Å². The summed E-state index contributed by atoms with van der Waals surface area (Å²) in [6.07, 6.45) is 0. The molecule has 1 rings (SSSR count). The number of hydrogen-bond acceptors (Lipinski definition) is 3. The zero-order chi connectivity index (χ0) is 13.9. The number of halogens is 2. The number of nitrogens with zero attached hydrogens (tertiary/aromatic N) is 1. The Hall–Kier alpha value is -1.50. The lowest BCUT2D eigenvalue weighted by atomic mass is 10.1. The van der Waals surface area contributed by atoms with E-state index in [1.54, 1.807) is 13.8 Å². The molecule has 0 aliphatic rings. The fraction of sp³-hybridized carbons (Fsp3) is 0.364. The summed E-state index contributed by atoms with van der Waals surface area (Å²) in [4.78, 5) is 21.9. The van der Waals surface area contributed by atoms with Crippen LogP contribution < -0.4 is 5.32 Å². The van der Waals surface area contributed by atoms with E-state index < -0.39 is 27.9 Å². The second-order valence-electron chi connectivity index (χ2n) is 4.39. The lowest BCUT2D eigenvalue weighted by molar-refractivity contribution is -0.385. The molecule has 0 saturated heterocycles. The van der Waals surface area contributed by atoms with Gasteiger partial charge in [-0.25, -0.2) is 4.39 Å². The van der Waals surface area contributed by atoms with Gasteiger partial charge in [-0.2, -0.15) is 0 Å². The van der Waals surface area contributed by atoms with Crippen molar-refractivity contribution in [3.8, 4) is 0 Å². The number of carbonyl (C=O) groups excluding carboxylic acids is 1. The van der Waals surface area contributed by atoms with E-state index in [9.17, 15) is 19.3 Å². The van der Waals surface area contributed by atoms with Crippen molar-refractivity contribution in [2.24, 2.45) is 0 Å². The standard InChI is InChI=1S/C11H12BrFN2O3/c1-11(2,6-12)14-10(16)8-5-7(13)3-4-9(8)15(17)18/h3-5H,6H2,1-2H3,(H,14,16). The van der Waals surface area contributed by atoms with Gasteiger partial charge in [-0.15, -0.1) is 0 Å². The van der Waals surface area contributed by atoms with Gasteiger partial charge < -0.3 is 5.32 Å². The highest BCUT2D eigenvalue weighted by Gasteiger charge is 2.25. The van der Waals surface area contributed by atoms with E-state index in [0.29, 0.717) is 5.33 Å². The fourth-order valence-electron chi connectivity index (χ4n) is 1.26. The van der Waals surface area contributed by atoms with Crippen LogP contribution in [0.3, 0.4) is 0 Å². The molecule has 1 amide bonds. The fourth-order valence-corrected chi connectivity index (χ4v) is 1.40. The molecule has 0 fully saturated rings. The van der Waals surface area contributed by atoms with Crippen molar-refractivity contribution in [3.63, 3.8) is 0 Å². The molecule has 1 aromatic carbocycles. The van der Waals surface area contributed by atoms with Gasteiger partial charge in [0, 0.05) is 16.9 Å². The molecule has 0 aromatic heterocycles. The summed E-state index contributed by atoms with van der Waals surface area (Å²) in [5, 5.41) is 13.8. The van der Waals surface area contributed by atoms with Gasteiger partial charge in [0.25, 0.3) is 11.6 Å². The molecule has 1 N–H and O–H groups in total. The van der Waals surface area contributed by atoms with Crippen molar-refractivity contribution in [2.45, 2.75) is 19.4 Å². The molecule has 0 aliphatic carbocycles. The Morgan fingerprint density at radius 2 is 2.17 bits per heavy atom. The number of nitrogens with one attached hydrogen (secondary N) is 1. The van der Waals surface area contributed by atoms with Crippen LogP contribution in [0.1, 0.15) is 24.2 Å². The van der Waals surface area contributed by atoms with Gasteiger partial charge in [-0.05, 0) is 26.0 Å². The average Bonchev–Trinajstić information content (AvgIpc) is 2.28. The van der Waals surface area contributed by atoms with Crippen LogP contribution in [0.25, 0.3) is 0 Å². The van der Waals surface area contributed by atoms with E-state index in [-0.39, 0.29) is 5.56 Å². The molecule has 18 heavy (non-hydrogen) atoms. The average molecular weight is 319 g/mol. The Kier molecular flexibility index (Phi) is 4.39. The summed E-state index contributed by atoms with van der Waals surface area (Å²) < 4.78 is 13.1. The summed E-state index contributed by atoms with van der Waals surface area (Å²) in [5.74, 6) is -1.37. The topological polar surface area (TPSA) is 72.2 Å². The van der Waals surface area contributed by atoms with Crippen LogP contribution >= 0.6 is 15.9 Å². The van der Waals surface area contributed by atoms with Gasteiger partial charge in [-0.3, -0.25) is 14.9 Å². The predicted octanol–water partition coefficient (Wildman–Crippen LogP) is 2.64. The predicted molar refractivity (Wildman–Crippen MR) is 68.4 cm³/mol. The zero-order valence-corrected chi connectivity index (χ0v) is 11.5. The lowest BCUT2D eigenvalue weighted by Gasteiger charge is -2.23. The minimum Gasteiger partial charge on any atom is -0.346 e. The molecule has 0 aliphatic heterocycles. The van der Waals surface area contributed by atoms with E-state index >= 15 is 0 Å². The number of benzene rings is 1. The van der Waals surface area contributed by atoms with Crippen LogP contribution in [0.4, 0.5) is 10.1 Å². The van der Waals surface area contributed by atoms with E-state index in [1.807, 2.05) is 0 Å². The third kappa shape index (κ3) is 3.49. The summed E-state index contributed by atoms with van der Waals surface area (Å²) in [7, 11) is 0. The van der Waals surface area contributed by atoms with Gasteiger partial charge in [0.2, 0.25) is 0 Å². The second kappa shape index (κ2) is 5.43. The molecule has 0 bridgehead atoms. The number of hydrogen-bond donors (Lipinski definition) is 1. The summed E-state index contributed by atoms with van der Waals surface area (Å²) in [5.41, 5.74) is -1.29. The Morgan fingerprint density at radius 3 is 2.67 bits per heavy atom. The molecule has 0 unspecified atom stereocenters. The molecular weight excluding hydrogens is 307 g/mol. The molecular formula is C11H12BrFN2O3. The van der Waals surface area contributed by atoms with Crippen LogP contribution in [-0.2, 0) is 0 Å². The monoisotopic (exact) mass is 318 g/mol. The SMILES string of the molecule is CC(C)(CBr)NC(=O)c1cc(F)ccc1[N+](=O)[O-]. The molecule has 7 heteroatoms. The Balaban J connectivity index is 3.12. The van der Waals surface area contributed by atoms with E-state index in [0.717, 1.165) is 18.2 Å². The maximum Gasteiger partial charge on any atom is 0.282 e. The highest BCUT2D eigenvalue weighted by molar-refractivity contribution is 9.09. The minimum atomic E-state index is -0.713. The van der Waals surface area contributed by atoms with Crippen LogP contribution in [0.2, 0.25) is 0 Å². The quantitative estimate of drug-likeness (QED) is 0.527. The number of carbonyl (C=O) groups is 1. The molecule has 0 heterocycles. The van der Waals surface area contributed by atoms with E-state index in [1.165, 1.54) is 0 Å². The number of nitro groups is 1. The van der Waals surface area contributed by atoms with Crippen molar-refractivity contribution in [1.29, 1.82) is 0 Å². The Labute approximate surface area is 112 Å². The highest BCUT2D eigenvalue weighted by Crippen LogP contribution is 2.20. The maximum absolute atomic E-state index is 13.1. The minimum absolute atomic E-state index is 0.283. The molecule has 5 nitrogen and oxygen atoms in total. The number of alkyl halides is 1. The lowest BCUT2D eigenvalue weighted by Crippen LogP contribution is -2.44. The molecule has 0 atom stereocenters. The van der Waals surface area contributed by atoms with Gasteiger partial charge in [-0.1, -0.05) is 15.9 Å². The van der Waals surface area contributed by atoms with E-state index in [4.69, 9.17) is 0 Å². The Morgan fingerprint density at radius 1 is 1.56 bits per heavy atom. The zero-order valence-electron chi connectivity index (χ0n) is 9.87. The van der Waals surface area contributed by atoms with Crippen LogP contribution in [0.5, 0.6) is 0 Å². The first-order valence-electron chi connectivity index (χ1n) is 5.09.